The van der Waals surface area contributed by atoms with Crippen molar-refractivity contribution in [1.29, 1.82) is 0 Å². The zero-order chi connectivity index (χ0) is 19.1. The van der Waals surface area contributed by atoms with Crippen molar-refractivity contribution in [3.63, 3.8) is 0 Å². The first-order valence-electron chi connectivity index (χ1n) is 8.35. The summed E-state index contributed by atoms with van der Waals surface area (Å²) in [5.74, 6) is 0.425. The van der Waals surface area contributed by atoms with Gasteiger partial charge in [0.1, 0.15) is 0 Å². The van der Waals surface area contributed by atoms with Gasteiger partial charge in [-0.1, -0.05) is 13.0 Å². The number of hydrogen-bond donors (Lipinski definition) is 3. The van der Waals surface area contributed by atoms with Gasteiger partial charge in [-0.2, -0.15) is 0 Å². The lowest BCUT2D eigenvalue weighted by Gasteiger charge is -2.12. The summed E-state index contributed by atoms with van der Waals surface area (Å²) in [6.45, 7) is 2.03. The van der Waals surface area contributed by atoms with E-state index in [0.29, 0.717) is 27.7 Å². The molecule has 0 radical (unpaired) electrons. The SMILES string of the molecule is CCC(=C=CC[C@@H](O)c1cc(I)c(O)c(OC)c1)C[C@@H](O)c1cccs1. The summed E-state index contributed by atoms with van der Waals surface area (Å²) < 4.78 is 5.76. The first-order valence-corrected chi connectivity index (χ1v) is 10.3. The summed E-state index contributed by atoms with van der Waals surface area (Å²) in [5.41, 5.74) is 4.90. The molecule has 26 heavy (non-hydrogen) atoms. The summed E-state index contributed by atoms with van der Waals surface area (Å²) in [6, 6.07) is 7.23. The number of ether oxygens (including phenoxy) is 1. The molecule has 140 valence electrons. The van der Waals surface area contributed by atoms with Gasteiger partial charge in [0.05, 0.1) is 22.9 Å². The molecule has 0 spiro atoms. The minimum Gasteiger partial charge on any atom is -0.504 e. The molecule has 2 atom stereocenters. The van der Waals surface area contributed by atoms with Crippen LogP contribution in [0.15, 0.2) is 47.0 Å². The molecule has 0 saturated heterocycles. The topological polar surface area (TPSA) is 69.9 Å². The van der Waals surface area contributed by atoms with E-state index in [9.17, 15) is 15.3 Å². The maximum atomic E-state index is 10.4. The normalized spacial score (nSPS) is 13.0. The second-order valence-corrected chi connectivity index (χ2v) is 7.99. The predicted molar refractivity (Wildman–Crippen MR) is 113 cm³/mol. The molecule has 0 aliphatic heterocycles. The van der Waals surface area contributed by atoms with E-state index >= 15 is 0 Å². The Balaban J connectivity index is 2.07. The molecule has 1 heterocycles. The monoisotopic (exact) mass is 486 g/mol. The molecule has 0 unspecified atom stereocenters. The molecule has 0 aliphatic carbocycles. The zero-order valence-electron chi connectivity index (χ0n) is 14.8. The highest BCUT2D eigenvalue weighted by atomic mass is 127. The van der Waals surface area contributed by atoms with Crippen molar-refractivity contribution in [1.82, 2.24) is 0 Å². The standard InChI is InChI=1S/C20H23IO4S/c1-3-13(10-17(23)19-8-5-9-26-19)6-4-7-16(22)14-11-15(21)20(24)18(12-14)25-2/h4-5,8-9,11-12,16-17,22-24H,3,7,10H2,1-2H3/t6?,16-,17-/m1/s1. The Morgan fingerprint density at radius 3 is 2.73 bits per heavy atom. The third-order valence-electron chi connectivity index (χ3n) is 4.04. The minimum absolute atomic E-state index is 0.0790. The molecule has 3 N–H and O–H groups in total. The first-order chi connectivity index (χ1) is 12.5. The van der Waals surface area contributed by atoms with Crippen molar-refractivity contribution in [2.45, 2.75) is 38.4 Å². The highest BCUT2D eigenvalue weighted by molar-refractivity contribution is 14.1. The van der Waals surface area contributed by atoms with Crippen LogP contribution in [0.5, 0.6) is 11.5 Å². The number of thiophene rings is 1. The maximum absolute atomic E-state index is 10.4. The molecule has 0 amide bonds. The average molecular weight is 486 g/mol. The van der Waals surface area contributed by atoms with Crippen molar-refractivity contribution in [2.75, 3.05) is 7.11 Å². The van der Waals surface area contributed by atoms with Crippen molar-refractivity contribution < 1.29 is 20.1 Å². The minimum atomic E-state index is -0.717. The van der Waals surface area contributed by atoms with Gasteiger partial charge in [-0.25, -0.2) is 0 Å². The average Bonchev–Trinajstić information content (AvgIpc) is 3.17. The third kappa shape index (κ3) is 5.59. The molecule has 2 rings (SSSR count). The van der Waals surface area contributed by atoms with Crippen LogP contribution in [0.4, 0.5) is 0 Å². The molecule has 0 bridgehead atoms. The van der Waals surface area contributed by atoms with Gasteiger partial charge in [0.25, 0.3) is 0 Å². The van der Waals surface area contributed by atoms with E-state index in [-0.39, 0.29) is 5.75 Å². The van der Waals surface area contributed by atoms with E-state index in [4.69, 9.17) is 4.74 Å². The summed E-state index contributed by atoms with van der Waals surface area (Å²) in [4.78, 5) is 0.948. The fourth-order valence-electron chi connectivity index (χ4n) is 2.51. The number of methoxy groups -OCH3 is 1. The largest absolute Gasteiger partial charge is 0.504 e. The third-order valence-corrected chi connectivity index (χ3v) is 5.84. The molecule has 4 nitrogen and oxygen atoms in total. The maximum Gasteiger partial charge on any atom is 0.171 e. The van der Waals surface area contributed by atoms with Crippen molar-refractivity contribution in [3.05, 3.63) is 61.0 Å². The van der Waals surface area contributed by atoms with Crippen LogP contribution in [-0.2, 0) is 0 Å². The molecule has 1 aromatic carbocycles. The summed E-state index contributed by atoms with van der Waals surface area (Å²) in [6.07, 6.45) is 2.29. The van der Waals surface area contributed by atoms with Crippen molar-refractivity contribution in [3.8, 4) is 11.5 Å². The number of aromatic hydroxyl groups is 1. The lowest BCUT2D eigenvalue weighted by atomic mass is 10.0. The van der Waals surface area contributed by atoms with Gasteiger partial charge in [0.2, 0.25) is 0 Å². The van der Waals surface area contributed by atoms with E-state index in [1.54, 1.807) is 29.5 Å². The van der Waals surface area contributed by atoms with E-state index in [0.717, 1.165) is 16.9 Å². The number of halogens is 1. The Labute approximate surface area is 171 Å². The quantitative estimate of drug-likeness (QED) is 0.359. The Hall–Kier alpha value is -1.31. The van der Waals surface area contributed by atoms with Gasteiger partial charge in [-0.05, 0) is 69.8 Å². The fraction of sp³-hybridized carbons (Fsp3) is 0.350. The Morgan fingerprint density at radius 2 is 2.12 bits per heavy atom. The van der Waals surface area contributed by atoms with Gasteiger partial charge in [-0.3, -0.25) is 0 Å². The smallest absolute Gasteiger partial charge is 0.171 e. The number of benzene rings is 1. The molecular weight excluding hydrogens is 463 g/mol. The summed E-state index contributed by atoms with van der Waals surface area (Å²) >= 11 is 3.55. The first kappa shape index (κ1) is 21.0. The van der Waals surface area contributed by atoms with E-state index in [1.807, 2.05) is 47.0 Å². The lowest BCUT2D eigenvalue weighted by molar-refractivity contribution is 0.180. The number of phenolic OH excluding ortho intramolecular Hbond substituents is 1. The van der Waals surface area contributed by atoms with Crippen LogP contribution in [0, 0.1) is 3.57 Å². The number of aliphatic hydroxyl groups is 2. The molecule has 6 heteroatoms. The van der Waals surface area contributed by atoms with Crippen LogP contribution in [0.1, 0.15) is 48.8 Å². The number of aliphatic hydroxyl groups excluding tert-OH is 2. The lowest BCUT2D eigenvalue weighted by Crippen LogP contribution is -1.98. The van der Waals surface area contributed by atoms with Gasteiger partial charge in [-0.15, -0.1) is 17.1 Å². The molecule has 1 aromatic heterocycles. The summed E-state index contributed by atoms with van der Waals surface area (Å²) in [5, 5.41) is 32.5. The van der Waals surface area contributed by atoms with Crippen LogP contribution < -0.4 is 4.74 Å². The molecule has 0 fully saturated rings. The van der Waals surface area contributed by atoms with Crippen molar-refractivity contribution in [2.24, 2.45) is 0 Å². The fourth-order valence-corrected chi connectivity index (χ4v) is 3.85. The van der Waals surface area contributed by atoms with Crippen LogP contribution in [-0.4, -0.2) is 22.4 Å². The second kappa shape index (κ2) is 10.1. The van der Waals surface area contributed by atoms with E-state index in [1.165, 1.54) is 7.11 Å². The Kier molecular flexibility index (Phi) is 8.18. The van der Waals surface area contributed by atoms with Gasteiger partial charge < -0.3 is 20.1 Å². The van der Waals surface area contributed by atoms with Gasteiger partial charge >= 0.3 is 0 Å². The van der Waals surface area contributed by atoms with Crippen LogP contribution >= 0.6 is 33.9 Å². The molecule has 2 aromatic rings. The number of phenols is 1. The predicted octanol–water partition coefficient (Wildman–Crippen LogP) is 5.11. The molecular formula is C20H23IO4S. The summed E-state index contributed by atoms with van der Waals surface area (Å²) in [7, 11) is 1.48. The highest BCUT2D eigenvalue weighted by Crippen LogP contribution is 2.35. The number of hydrogen-bond acceptors (Lipinski definition) is 5. The Morgan fingerprint density at radius 1 is 1.35 bits per heavy atom. The zero-order valence-corrected chi connectivity index (χ0v) is 17.8. The molecule has 0 aliphatic rings. The molecule has 0 saturated carbocycles. The highest BCUT2D eigenvalue weighted by Gasteiger charge is 2.14. The van der Waals surface area contributed by atoms with Gasteiger partial charge in [0.15, 0.2) is 11.5 Å². The second-order valence-electron chi connectivity index (χ2n) is 5.85. The van der Waals surface area contributed by atoms with E-state index in [2.05, 4.69) is 5.73 Å². The van der Waals surface area contributed by atoms with Gasteiger partial charge in [0, 0.05) is 17.7 Å². The van der Waals surface area contributed by atoms with Crippen molar-refractivity contribution >= 4 is 33.9 Å². The van der Waals surface area contributed by atoms with Crippen LogP contribution in [0.25, 0.3) is 0 Å². The Bertz CT molecular complexity index is 779. The van der Waals surface area contributed by atoms with E-state index < -0.39 is 12.2 Å². The number of rotatable bonds is 8. The van der Waals surface area contributed by atoms with Crippen LogP contribution in [0.3, 0.4) is 0 Å². The van der Waals surface area contributed by atoms with Crippen LogP contribution in [0.2, 0.25) is 0 Å².